The summed E-state index contributed by atoms with van der Waals surface area (Å²) in [4.78, 5) is 13.9. The van der Waals surface area contributed by atoms with E-state index in [-0.39, 0.29) is 18.0 Å². The first-order valence-corrected chi connectivity index (χ1v) is 11.6. The summed E-state index contributed by atoms with van der Waals surface area (Å²) in [6.45, 7) is 0. The van der Waals surface area contributed by atoms with E-state index in [0.717, 1.165) is 44.4 Å². The molecular formula is C23H37NO4. The number of aliphatic hydroxyl groups excluding tert-OH is 2. The van der Waals surface area contributed by atoms with Crippen LogP contribution < -0.4 is 0 Å². The van der Waals surface area contributed by atoms with Crippen molar-refractivity contribution in [1.82, 2.24) is 4.90 Å². The van der Waals surface area contributed by atoms with E-state index in [1.54, 1.807) is 0 Å². The van der Waals surface area contributed by atoms with Gasteiger partial charge in [0.15, 0.2) is 0 Å². The molecule has 4 aliphatic rings. The molecule has 4 rings (SSSR count). The van der Waals surface area contributed by atoms with Crippen LogP contribution in [-0.4, -0.2) is 56.5 Å². The Hall–Kier alpha value is -0.910. The van der Waals surface area contributed by atoms with E-state index in [1.165, 1.54) is 32.1 Å². The normalized spacial score (nSPS) is 40.5. The Labute approximate surface area is 168 Å². The summed E-state index contributed by atoms with van der Waals surface area (Å²) in [7, 11) is 0. The second kappa shape index (κ2) is 8.85. The summed E-state index contributed by atoms with van der Waals surface area (Å²) >= 11 is 0. The quantitative estimate of drug-likeness (QED) is 0.605. The molecule has 0 radical (unpaired) electrons. The molecule has 7 atom stereocenters. The molecule has 2 unspecified atom stereocenters. The van der Waals surface area contributed by atoms with Crippen molar-refractivity contribution in [3.8, 4) is 0 Å². The van der Waals surface area contributed by atoms with Crippen LogP contribution in [0.15, 0.2) is 12.2 Å². The highest BCUT2D eigenvalue weighted by Crippen LogP contribution is 2.49. The van der Waals surface area contributed by atoms with Gasteiger partial charge in [0.05, 0.1) is 12.2 Å². The lowest BCUT2D eigenvalue weighted by Gasteiger charge is -2.38. The Kier molecular flexibility index (Phi) is 6.43. The highest BCUT2D eigenvalue weighted by molar-refractivity contribution is 5.73. The zero-order chi connectivity index (χ0) is 19.7. The molecule has 0 amide bonds. The Balaban J connectivity index is 1.35. The van der Waals surface area contributed by atoms with Crippen LogP contribution in [0.25, 0.3) is 0 Å². The maximum atomic E-state index is 11.7. The molecule has 0 bridgehead atoms. The number of aliphatic carboxylic acids is 1. The topological polar surface area (TPSA) is 81.0 Å². The van der Waals surface area contributed by atoms with Gasteiger partial charge in [-0.05, 0) is 56.8 Å². The van der Waals surface area contributed by atoms with Gasteiger partial charge in [-0.1, -0.05) is 44.3 Å². The van der Waals surface area contributed by atoms with Crippen LogP contribution in [0.1, 0.15) is 77.0 Å². The molecule has 2 saturated carbocycles. The first-order chi connectivity index (χ1) is 13.5. The van der Waals surface area contributed by atoms with Crippen LogP contribution in [0, 0.1) is 17.8 Å². The average Bonchev–Trinajstić information content (AvgIpc) is 3.19. The smallest absolute Gasteiger partial charge is 0.320 e. The van der Waals surface area contributed by atoms with Crippen molar-refractivity contribution < 1.29 is 20.1 Å². The van der Waals surface area contributed by atoms with Crippen LogP contribution in [0.4, 0.5) is 0 Å². The first kappa shape index (κ1) is 20.4. The molecule has 0 aromatic heterocycles. The summed E-state index contributed by atoms with van der Waals surface area (Å²) in [6.07, 6.45) is 16.1. The van der Waals surface area contributed by atoms with Gasteiger partial charge in [-0.25, -0.2) is 0 Å². The number of fused-ring (bicyclic) bond motifs is 3. The maximum absolute atomic E-state index is 11.7. The lowest BCUT2D eigenvalue weighted by molar-refractivity contribution is -0.146. The number of hydrogen-bond donors (Lipinski definition) is 3. The highest BCUT2D eigenvalue weighted by Gasteiger charge is 2.54. The first-order valence-electron chi connectivity index (χ1n) is 11.6. The van der Waals surface area contributed by atoms with Crippen molar-refractivity contribution in [1.29, 1.82) is 0 Å². The molecule has 0 aromatic carbocycles. The van der Waals surface area contributed by atoms with Gasteiger partial charge in [0.25, 0.3) is 0 Å². The number of carboxylic acid groups (broad SMARTS) is 1. The van der Waals surface area contributed by atoms with E-state index in [4.69, 9.17) is 0 Å². The summed E-state index contributed by atoms with van der Waals surface area (Å²) in [6, 6.07) is 0.143. The van der Waals surface area contributed by atoms with Crippen LogP contribution in [0.3, 0.4) is 0 Å². The molecule has 2 saturated heterocycles. The third-order valence-electron chi connectivity index (χ3n) is 8.08. The Morgan fingerprint density at radius 2 is 1.86 bits per heavy atom. The van der Waals surface area contributed by atoms with E-state index in [1.807, 2.05) is 6.08 Å². The summed E-state index contributed by atoms with van der Waals surface area (Å²) in [5, 5.41) is 30.7. The summed E-state index contributed by atoms with van der Waals surface area (Å²) in [5.41, 5.74) is 0. The zero-order valence-corrected chi connectivity index (χ0v) is 17.0. The number of carbonyl (C=O) groups is 1. The number of nitrogens with zero attached hydrogens (tertiary/aromatic N) is 1. The molecule has 5 nitrogen and oxygen atoms in total. The van der Waals surface area contributed by atoms with Gasteiger partial charge in [0.1, 0.15) is 6.04 Å². The lowest BCUT2D eigenvalue weighted by atomic mass is 9.85. The lowest BCUT2D eigenvalue weighted by Crippen LogP contribution is -2.51. The largest absolute Gasteiger partial charge is 0.480 e. The van der Waals surface area contributed by atoms with E-state index in [2.05, 4.69) is 11.0 Å². The zero-order valence-electron chi connectivity index (χ0n) is 17.0. The van der Waals surface area contributed by atoms with Crippen LogP contribution in [0.2, 0.25) is 0 Å². The SMILES string of the molecule is O=C(O)C1CCCC2C[C@@H]3[C@@H](/C=C/[C@H](O)CCC4CCCCC4)[C@H](O)C[C@H]3N21. The molecule has 0 aromatic rings. The predicted octanol–water partition coefficient (Wildman–Crippen LogP) is 3.34. The molecule has 4 fully saturated rings. The van der Waals surface area contributed by atoms with Crippen molar-refractivity contribution in [2.75, 3.05) is 0 Å². The molecule has 5 heteroatoms. The number of hydrogen-bond acceptors (Lipinski definition) is 4. The van der Waals surface area contributed by atoms with Crippen LogP contribution in [-0.2, 0) is 4.79 Å². The fraction of sp³-hybridized carbons (Fsp3) is 0.870. The Morgan fingerprint density at radius 1 is 1.07 bits per heavy atom. The minimum Gasteiger partial charge on any atom is -0.480 e. The Morgan fingerprint density at radius 3 is 2.61 bits per heavy atom. The molecule has 3 N–H and O–H groups in total. The molecule has 2 aliphatic heterocycles. The van der Waals surface area contributed by atoms with E-state index >= 15 is 0 Å². The number of piperidine rings is 1. The van der Waals surface area contributed by atoms with Gasteiger partial charge in [0, 0.05) is 18.0 Å². The van der Waals surface area contributed by atoms with Crippen molar-refractivity contribution in [3.63, 3.8) is 0 Å². The van der Waals surface area contributed by atoms with E-state index in [9.17, 15) is 20.1 Å². The monoisotopic (exact) mass is 391 g/mol. The van der Waals surface area contributed by atoms with Gasteiger partial charge in [0.2, 0.25) is 0 Å². The third kappa shape index (κ3) is 4.17. The predicted molar refractivity (Wildman–Crippen MR) is 108 cm³/mol. The molecule has 2 aliphatic carbocycles. The molecular weight excluding hydrogens is 354 g/mol. The van der Waals surface area contributed by atoms with Gasteiger partial charge >= 0.3 is 5.97 Å². The second-order valence-electron chi connectivity index (χ2n) is 9.77. The van der Waals surface area contributed by atoms with Gasteiger partial charge in [-0.15, -0.1) is 0 Å². The number of carboxylic acids is 1. The van der Waals surface area contributed by atoms with E-state index < -0.39 is 18.2 Å². The fourth-order valence-corrected chi connectivity index (χ4v) is 6.69. The maximum Gasteiger partial charge on any atom is 0.320 e. The minimum absolute atomic E-state index is 0.0503. The van der Waals surface area contributed by atoms with Crippen molar-refractivity contribution in [2.24, 2.45) is 17.8 Å². The fourth-order valence-electron chi connectivity index (χ4n) is 6.69. The second-order valence-corrected chi connectivity index (χ2v) is 9.77. The highest BCUT2D eigenvalue weighted by atomic mass is 16.4. The minimum atomic E-state index is -0.711. The Bertz CT molecular complexity index is 573. The van der Waals surface area contributed by atoms with Crippen molar-refractivity contribution in [2.45, 2.75) is 107 Å². The average molecular weight is 392 g/mol. The molecule has 158 valence electrons. The van der Waals surface area contributed by atoms with Gasteiger partial charge < -0.3 is 15.3 Å². The summed E-state index contributed by atoms with van der Waals surface area (Å²) in [5.74, 6) is 0.435. The standard InChI is InChI=1S/C23H37NO4/c25-17(10-9-15-5-2-1-3-6-15)11-12-18-19-13-16-7-4-8-20(23(27)28)24(16)21(19)14-22(18)26/h11-12,15-22,25-26H,1-10,13-14H2,(H,27,28)/b12-11+/t16?,17-,18-,19-,20?,21-,22-/m1/s1. The van der Waals surface area contributed by atoms with Gasteiger partial charge in [-0.3, -0.25) is 9.69 Å². The summed E-state index contributed by atoms with van der Waals surface area (Å²) < 4.78 is 0. The molecule has 2 heterocycles. The number of rotatable bonds is 6. The van der Waals surface area contributed by atoms with Crippen LogP contribution >= 0.6 is 0 Å². The van der Waals surface area contributed by atoms with Gasteiger partial charge in [-0.2, -0.15) is 0 Å². The van der Waals surface area contributed by atoms with Crippen molar-refractivity contribution in [3.05, 3.63) is 12.2 Å². The van der Waals surface area contributed by atoms with Crippen molar-refractivity contribution >= 4 is 5.97 Å². The molecule has 0 spiro atoms. The molecule has 28 heavy (non-hydrogen) atoms. The van der Waals surface area contributed by atoms with Crippen LogP contribution in [0.5, 0.6) is 0 Å². The number of aliphatic hydroxyl groups is 2. The van der Waals surface area contributed by atoms with E-state index in [0.29, 0.717) is 18.4 Å². The third-order valence-corrected chi connectivity index (χ3v) is 8.08.